The highest BCUT2D eigenvalue weighted by Crippen LogP contribution is 2.20. The van der Waals surface area contributed by atoms with Crippen LogP contribution in [0.5, 0.6) is 0 Å². The van der Waals surface area contributed by atoms with E-state index < -0.39 is 0 Å². The first-order valence-corrected chi connectivity index (χ1v) is 5.53. The maximum Gasteiger partial charge on any atom is 0.273 e. The van der Waals surface area contributed by atoms with Gasteiger partial charge in [0.2, 0.25) is 0 Å². The van der Waals surface area contributed by atoms with Gasteiger partial charge in [-0.3, -0.25) is 9.89 Å². The topological polar surface area (TPSA) is 57.8 Å². The number of benzene rings is 1. The molecule has 16 heavy (non-hydrogen) atoms. The fourth-order valence-corrected chi connectivity index (χ4v) is 1.55. The van der Waals surface area contributed by atoms with Gasteiger partial charge in [-0.05, 0) is 36.8 Å². The molecular weight excluding hydrogens is 270 g/mol. The molecule has 0 bridgehead atoms. The van der Waals surface area contributed by atoms with E-state index in [9.17, 15) is 4.79 Å². The van der Waals surface area contributed by atoms with Crippen molar-refractivity contribution in [1.82, 2.24) is 10.2 Å². The Hall–Kier alpha value is -1.62. The molecule has 0 unspecified atom stereocenters. The Balaban J connectivity index is 2.15. The molecule has 0 saturated heterocycles. The zero-order chi connectivity index (χ0) is 11.5. The molecular formula is C11H10BrN3O. The highest BCUT2D eigenvalue weighted by molar-refractivity contribution is 9.10. The molecule has 0 saturated carbocycles. The van der Waals surface area contributed by atoms with Crippen molar-refractivity contribution in [2.24, 2.45) is 0 Å². The third-order valence-corrected chi connectivity index (χ3v) is 3.05. The van der Waals surface area contributed by atoms with E-state index in [2.05, 4.69) is 31.4 Å². The van der Waals surface area contributed by atoms with E-state index in [1.54, 1.807) is 12.3 Å². The summed E-state index contributed by atoms with van der Waals surface area (Å²) in [7, 11) is 0. The van der Waals surface area contributed by atoms with Gasteiger partial charge < -0.3 is 5.32 Å². The number of halogens is 1. The van der Waals surface area contributed by atoms with Crippen LogP contribution in [0.15, 0.2) is 34.9 Å². The van der Waals surface area contributed by atoms with Gasteiger partial charge in [-0.15, -0.1) is 0 Å². The Morgan fingerprint density at radius 2 is 2.25 bits per heavy atom. The van der Waals surface area contributed by atoms with Crippen LogP contribution in [0.1, 0.15) is 16.1 Å². The van der Waals surface area contributed by atoms with Gasteiger partial charge in [0.15, 0.2) is 0 Å². The highest BCUT2D eigenvalue weighted by Gasteiger charge is 2.07. The van der Waals surface area contributed by atoms with E-state index in [1.807, 2.05) is 25.1 Å². The molecule has 2 aromatic rings. The number of anilines is 1. The van der Waals surface area contributed by atoms with Crippen LogP contribution in [0.4, 0.5) is 5.69 Å². The van der Waals surface area contributed by atoms with Gasteiger partial charge in [0.1, 0.15) is 5.69 Å². The van der Waals surface area contributed by atoms with E-state index in [-0.39, 0.29) is 5.91 Å². The van der Waals surface area contributed by atoms with Crippen molar-refractivity contribution in [2.75, 3.05) is 5.32 Å². The summed E-state index contributed by atoms with van der Waals surface area (Å²) in [4.78, 5) is 11.7. The molecule has 0 aliphatic heterocycles. The van der Waals surface area contributed by atoms with E-state index in [0.29, 0.717) is 5.69 Å². The molecule has 1 heterocycles. The molecule has 4 nitrogen and oxygen atoms in total. The molecule has 2 N–H and O–H groups in total. The molecule has 0 atom stereocenters. The number of nitrogens with one attached hydrogen (secondary N) is 2. The van der Waals surface area contributed by atoms with Crippen LogP contribution in [0, 0.1) is 6.92 Å². The molecule has 5 heteroatoms. The third-order valence-electron chi connectivity index (χ3n) is 2.16. The predicted octanol–water partition coefficient (Wildman–Crippen LogP) is 2.73. The molecule has 0 spiro atoms. The number of nitrogens with zero attached hydrogens (tertiary/aromatic N) is 1. The Morgan fingerprint density at radius 3 is 2.88 bits per heavy atom. The van der Waals surface area contributed by atoms with E-state index >= 15 is 0 Å². The number of rotatable bonds is 2. The number of H-pyrrole nitrogens is 1. The molecule has 1 aromatic carbocycles. The smallest absolute Gasteiger partial charge is 0.273 e. The van der Waals surface area contributed by atoms with E-state index in [0.717, 1.165) is 15.7 Å². The lowest BCUT2D eigenvalue weighted by Gasteiger charge is -2.05. The first-order chi connectivity index (χ1) is 7.66. The number of aromatic nitrogens is 2. The summed E-state index contributed by atoms with van der Waals surface area (Å²) in [5.41, 5.74) is 2.28. The van der Waals surface area contributed by atoms with Crippen LogP contribution >= 0.6 is 15.9 Å². The maximum absolute atomic E-state index is 11.7. The van der Waals surface area contributed by atoms with Crippen molar-refractivity contribution >= 4 is 27.5 Å². The minimum atomic E-state index is -0.195. The second-order valence-corrected chi connectivity index (χ2v) is 4.24. The highest BCUT2D eigenvalue weighted by atomic mass is 79.9. The van der Waals surface area contributed by atoms with Crippen molar-refractivity contribution < 1.29 is 4.79 Å². The normalized spacial score (nSPS) is 10.1. The third kappa shape index (κ3) is 2.30. The van der Waals surface area contributed by atoms with Crippen LogP contribution in [0.3, 0.4) is 0 Å². The van der Waals surface area contributed by atoms with Gasteiger partial charge in [-0.25, -0.2) is 0 Å². The number of carbonyl (C=O) groups excluding carboxylic acids is 1. The number of hydrogen-bond donors (Lipinski definition) is 2. The van der Waals surface area contributed by atoms with E-state index in [4.69, 9.17) is 0 Å². The second kappa shape index (κ2) is 4.49. The van der Waals surface area contributed by atoms with Crippen molar-refractivity contribution in [3.63, 3.8) is 0 Å². The zero-order valence-corrected chi connectivity index (χ0v) is 10.2. The van der Waals surface area contributed by atoms with Crippen LogP contribution in [0.2, 0.25) is 0 Å². The first kappa shape index (κ1) is 10.9. The minimum absolute atomic E-state index is 0.195. The summed E-state index contributed by atoms with van der Waals surface area (Å²) in [6.45, 7) is 1.97. The number of aromatic amines is 1. The number of amides is 1. The average Bonchev–Trinajstić information content (AvgIpc) is 2.77. The molecule has 1 amide bonds. The average molecular weight is 280 g/mol. The molecule has 0 fully saturated rings. The standard InChI is InChI=1S/C11H10BrN3O/c1-7-6-8(2-3-9(7)12)14-11(16)10-4-5-13-15-10/h2-6H,1H3,(H,13,15)(H,14,16). The van der Waals surface area contributed by atoms with Crippen molar-refractivity contribution in [3.8, 4) is 0 Å². The Labute approximate surface area is 101 Å². The monoisotopic (exact) mass is 279 g/mol. The van der Waals surface area contributed by atoms with Gasteiger partial charge in [0, 0.05) is 16.4 Å². The molecule has 0 aliphatic carbocycles. The van der Waals surface area contributed by atoms with Crippen LogP contribution in [-0.4, -0.2) is 16.1 Å². The van der Waals surface area contributed by atoms with Crippen LogP contribution in [-0.2, 0) is 0 Å². The van der Waals surface area contributed by atoms with E-state index in [1.165, 1.54) is 0 Å². The number of aryl methyl sites for hydroxylation is 1. The van der Waals surface area contributed by atoms with Gasteiger partial charge in [-0.2, -0.15) is 5.10 Å². The number of hydrogen-bond acceptors (Lipinski definition) is 2. The first-order valence-electron chi connectivity index (χ1n) is 4.73. The predicted molar refractivity (Wildman–Crippen MR) is 65.4 cm³/mol. The van der Waals surface area contributed by atoms with Gasteiger partial charge in [0.05, 0.1) is 0 Å². The van der Waals surface area contributed by atoms with Crippen molar-refractivity contribution in [2.45, 2.75) is 6.92 Å². The minimum Gasteiger partial charge on any atom is -0.321 e. The molecule has 2 rings (SSSR count). The second-order valence-electron chi connectivity index (χ2n) is 3.39. The zero-order valence-electron chi connectivity index (χ0n) is 8.62. The van der Waals surface area contributed by atoms with Gasteiger partial charge >= 0.3 is 0 Å². The fourth-order valence-electron chi connectivity index (χ4n) is 1.30. The number of carbonyl (C=O) groups is 1. The lowest BCUT2D eigenvalue weighted by molar-refractivity contribution is 0.102. The Bertz CT molecular complexity index is 508. The summed E-state index contributed by atoms with van der Waals surface area (Å²) in [5.74, 6) is -0.195. The summed E-state index contributed by atoms with van der Waals surface area (Å²) in [6.07, 6.45) is 1.54. The van der Waals surface area contributed by atoms with Crippen LogP contribution in [0.25, 0.3) is 0 Å². The summed E-state index contributed by atoms with van der Waals surface area (Å²) in [6, 6.07) is 7.27. The summed E-state index contributed by atoms with van der Waals surface area (Å²) in [5, 5.41) is 9.12. The summed E-state index contributed by atoms with van der Waals surface area (Å²) >= 11 is 3.41. The molecule has 82 valence electrons. The van der Waals surface area contributed by atoms with Crippen molar-refractivity contribution in [3.05, 3.63) is 46.2 Å². The van der Waals surface area contributed by atoms with Crippen LogP contribution < -0.4 is 5.32 Å². The van der Waals surface area contributed by atoms with Gasteiger partial charge in [0.25, 0.3) is 5.91 Å². The molecule has 0 aliphatic rings. The Morgan fingerprint density at radius 1 is 1.44 bits per heavy atom. The summed E-state index contributed by atoms with van der Waals surface area (Å²) < 4.78 is 1.02. The largest absolute Gasteiger partial charge is 0.321 e. The fraction of sp³-hybridized carbons (Fsp3) is 0.0909. The Kier molecular flexibility index (Phi) is 3.05. The maximum atomic E-state index is 11.7. The van der Waals surface area contributed by atoms with Gasteiger partial charge in [-0.1, -0.05) is 15.9 Å². The lowest BCUT2D eigenvalue weighted by atomic mass is 10.2. The SMILES string of the molecule is Cc1cc(NC(=O)c2ccn[nH]2)ccc1Br. The quantitative estimate of drug-likeness (QED) is 0.888. The molecule has 1 aromatic heterocycles. The lowest BCUT2D eigenvalue weighted by Crippen LogP contribution is -2.12. The molecule has 0 radical (unpaired) electrons. The van der Waals surface area contributed by atoms with Crippen molar-refractivity contribution in [1.29, 1.82) is 0 Å².